The maximum absolute atomic E-state index is 12.2. The third-order valence-corrected chi connectivity index (χ3v) is 4.84. The van der Waals surface area contributed by atoms with Gasteiger partial charge in [0.1, 0.15) is 6.04 Å². The summed E-state index contributed by atoms with van der Waals surface area (Å²) in [5, 5.41) is 5.30. The Bertz CT molecular complexity index is 715. The first-order valence-electron chi connectivity index (χ1n) is 7.23. The molecule has 1 aromatic rings. The van der Waals surface area contributed by atoms with Crippen LogP contribution in [0.1, 0.15) is 23.2 Å². The summed E-state index contributed by atoms with van der Waals surface area (Å²) in [6.07, 6.45) is 2.78. The standard InChI is InChI=1S/C15H19N3O4S/c1-2-8-17-23(21,22)12-6-3-5-11(10-12)14(19)18-13-7-4-9-16-15(13)20/h2-3,5-6,10,13,17H,1,4,7-9H2,(H,16,20)(H,18,19)/t13-/m1/s1. The molecule has 124 valence electrons. The molecule has 2 amide bonds. The fraction of sp³-hybridized carbons (Fsp3) is 0.333. The van der Waals surface area contributed by atoms with Crippen LogP contribution in [0, 0.1) is 0 Å². The van der Waals surface area contributed by atoms with Gasteiger partial charge in [0.05, 0.1) is 4.90 Å². The van der Waals surface area contributed by atoms with Crippen molar-refractivity contribution in [1.82, 2.24) is 15.4 Å². The van der Waals surface area contributed by atoms with E-state index in [1.54, 1.807) is 0 Å². The van der Waals surface area contributed by atoms with Crippen molar-refractivity contribution in [2.75, 3.05) is 13.1 Å². The Hall–Kier alpha value is -2.19. The number of piperidine rings is 1. The molecule has 3 N–H and O–H groups in total. The third-order valence-electron chi connectivity index (χ3n) is 3.41. The van der Waals surface area contributed by atoms with E-state index < -0.39 is 22.0 Å². The van der Waals surface area contributed by atoms with Crippen molar-refractivity contribution in [3.05, 3.63) is 42.5 Å². The minimum absolute atomic E-state index is 0.0138. The normalized spacial score (nSPS) is 18.1. The number of nitrogens with one attached hydrogen (secondary N) is 3. The Morgan fingerprint density at radius 2 is 2.22 bits per heavy atom. The van der Waals surface area contributed by atoms with Gasteiger partial charge in [-0.15, -0.1) is 6.58 Å². The molecule has 7 nitrogen and oxygen atoms in total. The monoisotopic (exact) mass is 337 g/mol. The predicted molar refractivity (Wildman–Crippen MR) is 85.3 cm³/mol. The number of hydrogen-bond acceptors (Lipinski definition) is 4. The van der Waals surface area contributed by atoms with Crippen LogP contribution in [0.5, 0.6) is 0 Å². The summed E-state index contributed by atoms with van der Waals surface area (Å²) >= 11 is 0. The van der Waals surface area contributed by atoms with E-state index >= 15 is 0 Å². The number of amides is 2. The molecule has 0 saturated carbocycles. The maximum Gasteiger partial charge on any atom is 0.251 e. The number of carbonyl (C=O) groups is 2. The first kappa shape index (κ1) is 17.2. The van der Waals surface area contributed by atoms with Gasteiger partial charge in [-0.3, -0.25) is 9.59 Å². The van der Waals surface area contributed by atoms with Crippen molar-refractivity contribution in [2.24, 2.45) is 0 Å². The lowest BCUT2D eigenvalue weighted by molar-refractivity contribution is -0.124. The smallest absolute Gasteiger partial charge is 0.251 e. The zero-order valence-electron chi connectivity index (χ0n) is 12.5. The zero-order chi connectivity index (χ0) is 16.9. The van der Waals surface area contributed by atoms with Crippen molar-refractivity contribution in [1.29, 1.82) is 0 Å². The van der Waals surface area contributed by atoms with Gasteiger partial charge in [-0.25, -0.2) is 13.1 Å². The van der Waals surface area contributed by atoms with Crippen LogP contribution in [-0.2, 0) is 14.8 Å². The summed E-state index contributed by atoms with van der Waals surface area (Å²) < 4.78 is 26.4. The van der Waals surface area contributed by atoms with Gasteiger partial charge in [0.15, 0.2) is 0 Å². The fourth-order valence-electron chi connectivity index (χ4n) is 2.21. The zero-order valence-corrected chi connectivity index (χ0v) is 13.4. The van der Waals surface area contributed by atoms with E-state index in [0.29, 0.717) is 13.0 Å². The van der Waals surface area contributed by atoms with Crippen LogP contribution in [-0.4, -0.2) is 39.4 Å². The van der Waals surface area contributed by atoms with E-state index in [-0.39, 0.29) is 22.9 Å². The first-order valence-corrected chi connectivity index (χ1v) is 8.71. The number of benzene rings is 1. The van der Waals surface area contributed by atoms with Crippen LogP contribution in [0.2, 0.25) is 0 Å². The predicted octanol–water partition coefficient (Wildman–Crippen LogP) is 0.159. The summed E-state index contributed by atoms with van der Waals surface area (Å²) in [6.45, 7) is 4.15. The van der Waals surface area contributed by atoms with Gasteiger partial charge >= 0.3 is 0 Å². The molecule has 1 aromatic carbocycles. The molecule has 8 heteroatoms. The minimum atomic E-state index is -3.70. The molecule has 0 aromatic heterocycles. The summed E-state index contributed by atoms with van der Waals surface area (Å²) in [5.74, 6) is -0.700. The van der Waals surface area contributed by atoms with Crippen molar-refractivity contribution < 1.29 is 18.0 Å². The molecule has 23 heavy (non-hydrogen) atoms. The number of sulfonamides is 1. The molecule has 1 aliphatic heterocycles. The van der Waals surface area contributed by atoms with Crippen molar-refractivity contribution in [3.63, 3.8) is 0 Å². The van der Waals surface area contributed by atoms with Crippen molar-refractivity contribution in [3.8, 4) is 0 Å². The van der Waals surface area contributed by atoms with Crippen LogP contribution in [0.25, 0.3) is 0 Å². The lowest BCUT2D eigenvalue weighted by Gasteiger charge is -2.22. The topological polar surface area (TPSA) is 104 Å². The SMILES string of the molecule is C=CCNS(=O)(=O)c1cccc(C(=O)N[C@@H]2CCCNC2=O)c1. The second kappa shape index (κ2) is 7.38. The quantitative estimate of drug-likeness (QED) is 0.643. The molecule has 0 aliphatic carbocycles. The second-order valence-electron chi connectivity index (χ2n) is 5.13. The van der Waals surface area contributed by atoms with Crippen LogP contribution in [0.15, 0.2) is 41.8 Å². The number of carbonyl (C=O) groups excluding carboxylic acids is 2. The van der Waals surface area contributed by atoms with Crippen LogP contribution in [0.4, 0.5) is 0 Å². The van der Waals surface area contributed by atoms with Crippen LogP contribution >= 0.6 is 0 Å². The largest absolute Gasteiger partial charge is 0.354 e. The fourth-order valence-corrected chi connectivity index (χ4v) is 3.25. The van der Waals surface area contributed by atoms with E-state index in [9.17, 15) is 18.0 Å². The van der Waals surface area contributed by atoms with Gasteiger partial charge in [-0.1, -0.05) is 12.1 Å². The van der Waals surface area contributed by atoms with E-state index in [1.165, 1.54) is 30.3 Å². The molecule has 1 saturated heterocycles. The van der Waals surface area contributed by atoms with E-state index in [1.807, 2.05) is 0 Å². The van der Waals surface area contributed by atoms with Crippen LogP contribution < -0.4 is 15.4 Å². The Kier molecular flexibility index (Phi) is 5.51. The lowest BCUT2D eigenvalue weighted by atomic mass is 10.1. The molecule has 1 fully saturated rings. The Balaban J connectivity index is 2.14. The van der Waals surface area contributed by atoms with Gasteiger partial charge in [-0.05, 0) is 31.0 Å². The lowest BCUT2D eigenvalue weighted by Crippen LogP contribution is -2.50. The van der Waals surface area contributed by atoms with E-state index in [2.05, 4.69) is 21.9 Å². The first-order chi connectivity index (χ1) is 10.9. The van der Waals surface area contributed by atoms with Gasteiger partial charge in [0.25, 0.3) is 5.91 Å². The highest BCUT2D eigenvalue weighted by atomic mass is 32.2. The van der Waals surface area contributed by atoms with Crippen molar-refractivity contribution >= 4 is 21.8 Å². The summed E-state index contributed by atoms with van der Waals surface area (Å²) in [4.78, 5) is 23.9. The Morgan fingerprint density at radius 1 is 1.43 bits per heavy atom. The molecule has 1 atom stereocenters. The molecular formula is C15H19N3O4S. The molecule has 2 rings (SSSR count). The Labute approximate surface area is 135 Å². The Morgan fingerprint density at radius 3 is 2.91 bits per heavy atom. The van der Waals surface area contributed by atoms with E-state index in [0.717, 1.165) is 6.42 Å². The molecule has 1 heterocycles. The highest BCUT2D eigenvalue weighted by Gasteiger charge is 2.24. The highest BCUT2D eigenvalue weighted by Crippen LogP contribution is 2.12. The number of rotatable bonds is 6. The summed E-state index contributed by atoms with van der Waals surface area (Å²) in [5.41, 5.74) is 0.185. The van der Waals surface area contributed by atoms with Gasteiger partial charge < -0.3 is 10.6 Å². The maximum atomic E-state index is 12.2. The minimum Gasteiger partial charge on any atom is -0.354 e. The molecule has 0 radical (unpaired) electrons. The summed E-state index contributed by atoms with van der Waals surface area (Å²) in [6, 6.07) is 5.08. The van der Waals surface area contributed by atoms with E-state index in [4.69, 9.17) is 0 Å². The van der Waals surface area contributed by atoms with Crippen LogP contribution in [0.3, 0.4) is 0 Å². The molecule has 0 spiro atoms. The molecule has 1 aliphatic rings. The summed E-state index contributed by atoms with van der Waals surface area (Å²) in [7, 11) is -3.70. The number of hydrogen-bond donors (Lipinski definition) is 3. The van der Waals surface area contributed by atoms with Gasteiger partial charge in [-0.2, -0.15) is 0 Å². The molecular weight excluding hydrogens is 318 g/mol. The average Bonchev–Trinajstić information content (AvgIpc) is 2.55. The second-order valence-corrected chi connectivity index (χ2v) is 6.89. The van der Waals surface area contributed by atoms with Crippen molar-refractivity contribution in [2.45, 2.75) is 23.8 Å². The van der Waals surface area contributed by atoms with Gasteiger partial charge in [0, 0.05) is 18.7 Å². The molecule has 0 unspecified atom stereocenters. The third kappa shape index (κ3) is 4.40. The highest BCUT2D eigenvalue weighted by molar-refractivity contribution is 7.89. The molecule has 0 bridgehead atoms. The van der Waals surface area contributed by atoms with Gasteiger partial charge in [0.2, 0.25) is 15.9 Å². The average molecular weight is 337 g/mol.